The fourth-order valence-electron chi connectivity index (χ4n) is 2.23. The van der Waals surface area contributed by atoms with Crippen molar-refractivity contribution in [3.63, 3.8) is 0 Å². The summed E-state index contributed by atoms with van der Waals surface area (Å²) >= 11 is 0. The van der Waals surface area contributed by atoms with Gasteiger partial charge in [0.2, 0.25) is 10.0 Å². The number of hydrogen-bond acceptors (Lipinski definition) is 4. The summed E-state index contributed by atoms with van der Waals surface area (Å²) in [7, 11) is -3.78. The lowest BCUT2D eigenvalue weighted by Gasteiger charge is -2.28. The van der Waals surface area contributed by atoms with Crippen molar-refractivity contribution in [2.45, 2.75) is 37.3 Å². The Hall–Kier alpha value is -1.24. The van der Waals surface area contributed by atoms with Crippen LogP contribution in [0.5, 0.6) is 0 Å². The van der Waals surface area contributed by atoms with Gasteiger partial charge in [-0.25, -0.2) is 8.42 Å². The van der Waals surface area contributed by atoms with Crippen LogP contribution in [0.4, 0.5) is 0 Å². The Kier molecular flexibility index (Phi) is 3.28. The van der Waals surface area contributed by atoms with Gasteiger partial charge in [-0.3, -0.25) is 4.79 Å². The summed E-state index contributed by atoms with van der Waals surface area (Å²) in [5.74, 6) is -0.469. The van der Waals surface area contributed by atoms with E-state index >= 15 is 0 Å². The predicted octanol–water partition coefficient (Wildman–Crippen LogP) is 0.708. The van der Waals surface area contributed by atoms with E-state index in [1.54, 1.807) is 12.1 Å². The number of aliphatic hydroxyl groups excluding tert-OH is 1. The molecule has 0 spiro atoms. The molecule has 6 heteroatoms. The molecule has 0 bridgehead atoms. The summed E-state index contributed by atoms with van der Waals surface area (Å²) in [5.41, 5.74) is -0.265. The molecule has 0 saturated carbocycles. The first-order valence-corrected chi connectivity index (χ1v) is 7.43. The molecule has 1 atom stereocenters. The van der Waals surface area contributed by atoms with E-state index in [9.17, 15) is 18.3 Å². The van der Waals surface area contributed by atoms with Crippen LogP contribution < -0.4 is 0 Å². The largest absolute Gasteiger partial charge is 0.384 e. The van der Waals surface area contributed by atoms with Gasteiger partial charge in [0.15, 0.2) is 5.78 Å². The van der Waals surface area contributed by atoms with Crippen LogP contribution in [0, 0.1) is 6.92 Å². The van der Waals surface area contributed by atoms with Crippen molar-refractivity contribution < 1.29 is 18.3 Å². The molecule has 0 unspecified atom stereocenters. The fraction of sp³-hybridized carbons (Fsp3) is 0.462. The number of benzene rings is 1. The zero-order valence-corrected chi connectivity index (χ0v) is 11.9. The molecule has 1 heterocycles. The Morgan fingerprint density at radius 3 is 2.21 bits per heavy atom. The van der Waals surface area contributed by atoms with Crippen molar-refractivity contribution in [1.82, 2.24) is 4.31 Å². The number of nitrogens with zero attached hydrogens (tertiary/aromatic N) is 1. The SMILES string of the molecule is Cc1ccc(S(=O)(=O)N2C[C@H](O)C(=O)C2(C)C)cc1. The second-order valence-electron chi connectivity index (χ2n) is 5.29. The molecule has 1 saturated heterocycles. The van der Waals surface area contributed by atoms with E-state index < -0.39 is 27.4 Å². The maximum Gasteiger partial charge on any atom is 0.244 e. The Morgan fingerprint density at radius 2 is 1.79 bits per heavy atom. The van der Waals surface area contributed by atoms with Crippen LogP contribution in [0.25, 0.3) is 0 Å². The van der Waals surface area contributed by atoms with E-state index in [4.69, 9.17) is 0 Å². The van der Waals surface area contributed by atoms with Crippen molar-refractivity contribution in [1.29, 1.82) is 0 Å². The van der Waals surface area contributed by atoms with Gasteiger partial charge in [0.05, 0.1) is 10.4 Å². The molecule has 0 amide bonds. The van der Waals surface area contributed by atoms with E-state index in [1.807, 2.05) is 6.92 Å². The molecular formula is C13H17NO4S. The van der Waals surface area contributed by atoms with Gasteiger partial charge in [-0.15, -0.1) is 0 Å². The smallest absolute Gasteiger partial charge is 0.244 e. The number of ketones is 1. The van der Waals surface area contributed by atoms with Gasteiger partial charge in [0, 0.05) is 6.54 Å². The number of Topliss-reactive ketones (excluding diaryl/α,β-unsaturated/α-hetero) is 1. The zero-order valence-electron chi connectivity index (χ0n) is 11.1. The van der Waals surface area contributed by atoms with Crippen LogP contribution >= 0.6 is 0 Å². The predicted molar refractivity (Wildman–Crippen MR) is 70.2 cm³/mol. The highest BCUT2D eigenvalue weighted by molar-refractivity contribution is 7.89. The van der Waals surface area contributed by atoms with Crippen LogP contribution in [0.15, 0.2) is 29.2 Å². The van der Waals surface area contributed by atoms with Gasteiger partial charge in [0.25, 0.3) is 0 Å². The quantitative estimate of drug-likeness (QED) is 0.867. The first kappa shape index (κ1) is 14.2. The Bertz CT molecular complexity index is 604. The normalized spacial score (nSPS) is 23.8. The van der Waals surface area contributed by atoms with Gasteiger partial charge in [0.1, 0.15) is 6.10 Å². The number of β-amino-alcohol motifs (C(OH)–C–C–N with tert-alkyl or cyclic N) is 1. The first-order chi connectivity index (χ1) is 8.67. The average molecular weight is 283 g/mol. The molecule has 1 aromatic carbocycles. The van der Waals surface area contributed by atoms with E-state index in [0.717, 1.165) is 9.87 Å². The van der Waals surface area contributed by atoms with Crippen molar-refractivity contribution >= 4 is 15.8 Å². The molecule has 1 aliphatic rings. The second kappa shape index (κ2) is 4.40. The zero-order chi connectivity index (χ0) is 14.4. The molecule has 19 heavy (non-hydrogen) atoms. The minimum atomic E-state index is -3.78. The van der Waals surface area contributed by atoms with E-state index in [0.29, 0.717) is 0 Å². The highest BCUT2D eigenvalue weighted by Crippen LogP contribution is 2.31. The lowest BCUT2D eigenvalue weighted by atomic mass is 10.0. The lowest BCUT2D eigenvalue weighted by molar-refractivity contribution is -0.128. The number of aliphatic hydroxyl groups is 1. The molecule has 104 valence electrons. The maximum atomic E-state index is 12.5. The first-order valence-electron chi connectivity index (χ1n) is 5.99. The van der Waals surface area contributed by atoms with Gasteiger partial charge in [-0.1, -0.05) is 17.7 Å². The number of rotatable bonds is 2. The molecular weight excluding hydrogens is 266 g/mol. The summed E-state index contributed by atoms with van der Waals surface area (Å²) in [6, 6.07) is 6.42. The van der Waals surface area contributed by atoms with Gasteiger partial charge < -0.3 is 5.11 Å². The third kappa shape index (κ3) is 2.20. The number of hydrogen-bond donors (Lipinski definition) is 1. The standard InChI is InChI=1S/C13H17NO4S/c1-9-4-6-10(7-5-9)19(17,18)14-8-11(15)12(16)13(14,2)3/h4-7,11,15H,8H2,1-3H3/t11-/m0/s1. The summed E-state index contributed by atoms with van der Waals surface area (Å²) in [4.78, 5) is 11.9. The Balaban J connectivity index is 2.46. The van der Waals surface area contributed by atoms with Crippen molar-refractivity contribution in [3.05, 3.63) is 29.8 Å². The summed E-state index contributed by atoms with van der Waals surface area (Å²) in [6.45, 7) is 4.69. The highest BCUT2D eigenvalue weighted by Gasteiger charge is 2.51. The monoisotopic (exact) mass is 283 g/mol. The number of carbonyl (C=O) groups excluding carboxylic acids is 1. The fourth-order valence-corrected chi connectivity index (χ4v) is 4.00. The van der Waals surface area contributed by atoms with Crippen LogP contribution in [-0.2, 0) is 14.8 Å². The van der Waals surface area contributed by atoms with Crippen LogP contribution in [-0.4, -0.2) is 41.8 Å². The molecule has 5 nitrogen and oxygen atoms in total. The summed E-state index contributed by atoms with van der Waals surface area (Å²) in [5, 5.41) is 9.60. The highest BCUT2D eigenvalue weighted by atomic mass is 32.2. The third-order valence-corrected chi connectivity index (χ3v) is 5.53. The number of carbonyl (C=O) groups is 1. The lowest BCUT2D eigenvalue weighted by Crippen LogP contribution is -2.46. The summed E-state index contributed by atoms with van der Waals surface area (Å²) in [6.07, 6.45) is -1.25. The van der Waals surface area contributed by atoms with E-state index in [2.05, 4.69) is 0 Å². The van der Waals surface area contributed by atoms with Crippen LogP contribution in [0.2, 0.25) is 0 Å². The van der Waals surface area contributed by atoms with E-state index in [1.165, 1.54) is 26.0 Å². The summed E-state index contributed by atoms with van der Waals surface area (Å²) < 4.78 is 26.1. The van der Waals surface area contributed by atoms with Crippen LogP contribution in [0.3, 0.4) is 0 Å². The minimum absolute atomic E-state index is 0.132. The molecule has 0 aliphatic carbocycles. The third-order valence-electron chi connectivity index (χ3n) is 3.48. The topological polar surface area (TPSA) is 74.7 Å². The minimum Gasteiger partial charge on any atom is -0.384 e. The van der Waals surface area contributed by atoms with Crippen molar-refractivity contribution in [2.75, 3.05) is 6.54 Å². The molecule has 1 N–H and O–H groups in total. The second-order valence-corrected chi connectivity index (χ2v) is 7.15. The average Bonchev–Trinajstić information content (AvgIpc) is 2.54. The molecule has 1 aromatic rings. The van der Waals surface area contributed by atoms with E-state index in [-0.39, 0.29) is 11.4 Å². The van der Waals surface area contributed by atoms with Crippen molar-refractivity contribution in [2.24, 2.45) is 0 Å². The molecule has 0 aromatic heterocycles. The van der Waals surface area contributed by atoms with Gasteiger partial charge >= 0.3 is 0 Å². The van der Waals surface area contributed by atoms with Crippen molar-refractivity contribution in [3.8, 4) is 0 Å². The Morgan fingerprint density at radius 1 is 1.26 bits per heavy atom. The van der Waals surface area contributed by atoms with Crippen LogP contribution in [0.1, 0.15) is 19.4 Å². The molecule has 1 aliphatic heterocycles. The molecule has 1 fully saturated rings. The van der Waals surface area contributed by atoms with Gasteiger partial charge in [-0.2, -0.15) is 4.31 Å². The van der Waals surface area contributed by atoms with Gasteiger partial charge in [-0.05, 0) is 32.9 Å². The molecule has 2 rings (SSSR count). The number of sulfonamides is 1. The molecule has 0 radical (unpaired) electrons. The number of aryl methyl sites for hydroxylation is 1. The maximum absolute atomic E-state index is 12.5. The Labute approximate surface area is 112 Å².